The molecule has 0 radical (unpaired) electrons. The molecule has 4 aromatic rings. The van der Waals surface area contributed by atoms with E-state index in [2.05, 4.69) is 47.4 Å². The number of anilines is 3. The van der Waals surface area contributed by atoms with Crippen LogP contribution in [0.3, 0.4) is 0 Å². The van der Waals surface area contributed by atoms with Crippen molar-refractivity contribution in [1.29, 1.82) is 0 Å². The minimum atomic E-state index is -4.10. The van der Waals surface area contributed by atoms with Crippen LogP contribution in [0.4, 0.5) is 27.1 Å². The Morgan fingerprint density at radius 3 is 2.46 bits per heavy atom. The summed E-state index contributed by atoms with van der Waals surface area (Å²) in [4.78, 5) is 71.1. The number of aromatic nitrogens is 2. The molecule has 1 aromatic heterocycles. The van der Waals surface area contributed by atoms with Gasteiger partial charge in [-0.3, -0.25) is 34.0 Å². The molecule has 24 heteroatoms. The Morgan fingerprint density at radius 2 is 1.85 bits per heavy atom. The summed E-state index contributed by atoms with van der Waals surface area (Å²) in [7, 11) is -2.46. The van der Waals surface area contributed by atoms with Gasteiger partial charge < -0.3 is 43.5 Å². The minimum absolute atomic E-state index is 0.0223. The summed E-state index contributed by atoms with van der Waals surface area (Å²) >= 11 is 18.3. The average Bonchev–Trinajstić information content (AvgIpc) is 3.82. The monoisotopic (exact) mass is 1080 g/mol. The molecule has 3 aromatic carbocycles. The second-order valence-electron chi connectivity index (χ2n) is 17.1. The molecule has 0 aliphatic carbocycles. The number of benzene rings is 3. The van der Waals surface area contributed by atoms with Crippen molar-refractivity contribution in [2.45, 2.75) is 77.8 Å². The lowest BCUT2D eigenvalue weighted by Gasteiger charge is -2.35. The number of carboxylic acids is 1. The normalized spacial score (nSPS) is 15.9. The number of para-hydroxylation sites is 3. The maximum atomic E-state index is 14.5. The van der Waals surface area contributed by atoms with Crippen LogP contribution in [0.5, 0.6) is 11.5 Å². The standard InChI is InChI=1S/C18H17FN4O2S.C15H22ClNO2.C11H11Cl2NO2.C3H8NO5P/c1-4-5-22-13-7-12(11(19)6-14(13)25-9-16(22)24)20-17-23-10-18(2,3)8-15(23)21-26-17;1-5-13-8-6-7-11(2)15(13)17(14(18)9-16)12(3)10-19-4;1-7-6-16-9-5-3-2-4-8(9)14(7)11(15)10(12)13;5-3(6)1-4-2-10(7,8)9/h1,6-7H,5,8-10H2,2-3H3;6-8,12H,5,9-10H2,1-4H3;2-5,7,10H,6H2,1H3;4H,1-2H2,(H,5,6)(H2,7,8,9)/b20-17-;;;. The third kappa shape index (κ3) is 16.2. The summed E-state index contributed by atoms with van der Waals surface area (Å²) in [5, 5.41) is 10.1. The number of carbonyl (C=O) groups excluding carboxylic acids is 3. The van der Waals surface area contributed by atoms with E-state index in [0.29, 0.717) is 35.2 Å². The second kappa shape index (κ2) is 26.6. The molecular weight excluding hydrogens is 1030 g/mol. The number of hydrogen-bond donors (Lipinski definition) is 4. The van der Waals surface area contributed by atoms with E-state index in [1.165, 1.54) is 28.6 Å². The van der Waals surface area contributed by atoms with Gasteiger partial charge in [0.05, 0.1) is 55.1 Å². The first-order valence-electron chi connectivity index (χ1n) is 22.0. The number of alkyl halides is 3. The van der Waals surface area contributed by atoms with Crippen molar-refractivity contribution < 1.29 is 57.2 Å². The lowest BCUT2D eigenvalue weighted by atomic mass is 9.92. The van der Waals surface area contributed by atoms with Crippen LogP contribution in [-0.4, -0.2) is 117 Å². The number of rotatable bonds is 13. The van der Waals surface area contributed by atoms with Crippen LogP contribution in [0, 0.1) is 30.5 Å². The number of carboxylic acid groups (broad SMARTS) is 1. The van der Waals surface area contributed by atoms with Crippen molar-refractivity contribution in [2.75, 3.05) is 66.9 Å². The molecule has 0 bridgehead atoms. The molecule has 2 unspecified atom stereocenters. The molecule has 0 saturated heterocycles. The zero-order chi connectivity index (χ0) is 52.8. The Labute approximate surface area is 431 Å². The van der Waals surface area contributed by atoms with E-state index in [1.54, 1.807) is 16.9 Å². The van der Waals surface area contributed by atoms with Crippen molar-refractivity contribution >= 4 is 100 Å². The molecule has 7 rings (SSSR count). The van der Waals surface area contributed by atoms with Gasteiger partial charge in [-0.15, -0.1) is 18.0 Å². The van der Waals surface area contributed by atoms with Crippen molar-refractivity contribution in [3.05, 3.63) is 82.2 Å². The summed E-state index contributed by atoms with van der Waals surface area (Å²) < 4.78 is 47.1. The number of nitrogens with one attached hydrogen (secondary N) is 1. The van der Waals surface area contributed by atoms with E-state index in [9.17, 15) is 28.1 Å². The van der Waals surface area contributed by atoms with E-state index in [4.69, 9.17) is 70.3 Å². The highest BCUT2D eigenvalue weighted by atomic mass is 35.5. The molecule has 3 amide bonds. The van der Waals surface area contributed by atoms with Gasteiger partial charge in [-0.05, 0) is 61.9 Å². The van der Waals surface area contributed by atoms with Gasteiger partial charge in [0.1, 0.15) is 35.5 Å². The van der Waals surface area contributed by atoms with Crippen molar-refractivity contribution in [3.8, 4) is 23.8 Å². The predicted molar refractivity (Wildman–Crippen MR) is 273 cm³/mol. The molecule has 4 heterocycles. The van der Waals surface area contributed by atoms with Crippen LogP contribution in [-0.2, 0) is 47.9 Å². The summed E-state index contributed by atoms with van der Waals surface area (Å²) in [6.07, 6.45) is 6.50. The quantitative estimate of drug-likeness (QED) is 0.0614. The fraction of sp³-hybridized carbons (Fsp3) is 0.447. The molecule has 0 spiro atoms. The number of carbonyl (C=O) groups is 4. The van der Waals surface area contributed by atoms with E-state index < -0.39 is 37.0 Å². The van der Waals surface area contributed by atoms with Crippen LogP contribution < -0.4 is 34.3 Å². The first-order chi connectivity index (χ1) is 33.5. The number of amides is 3. The van der Waals surface area contributed by atoms with Gasteiger partial charge in [-0.25, -0.2) is 9.38 Å². The maximum absolute atomic E-state index is 14.5. The molecule has 0 saturated carbocycles. The summed E-state index contributed by atoms with van der Waals surface area (Å²) in [6.45, 7) is 13.5. The lowest BCUT2D eigenvalue weighted by molar-refractivity contribution is -0.136. The largest absolute Gasteiger partial charge is 0.489 e. The third-order valence-corrected chi connectivity index (χ3v) is 12.7. The molecule has 2 atom stereocenters. The Bertz CT molecular complexity index is 2690. The van der Waals surface area contributed by atoms with E-state index in [1.807, 2.05) is 61.7 Å². The molecule has 4 N–H and O–H groups in total. The average molecular weight is 1090 g/mol. The van der Waals surface area contributed by atoms with Gasteiger partial charge in [0.25, 0.3) is 11.8 Å². The molecule has 71 heavy (non-hydrogen) atoms. The first kappa shape index (κ1) is 58.5. The number of halogens is 4. The van der Waals surface area contributed by atoms with Crippen molar-refractivity contribution in [3.63, 3.8) is 0 Å². The van der Waals surface area contributed by atoms with E-state index >= 15 is 0 Å². The molecule has 0 fully saturated rings. The molecule has 386 valence electrons. The Morgan fingerprint density at radius 1 is 1.14 bits per heavy atom. The zero-order valence-corrected chi connectivity index (χ0v) is 44.2. The van der Waals surface area contributed by atoms with E-state index in [0.717, 1.165) is 47.7 Å². The Kier molecular flexibility index (Phi) is 21.9. The SMILES string of the molecule is C#CCN1C(=O)COc2cc(F)c(/N=c3\snc4n3CC(C)(C)C4)cc21.CC1COc2ccccc2N1C(=O)C(Cl)Cl.CCc1cccc(C)c1N(C(=O)CCl)C(C)COC.O=C(O)CNCP(=O)(O)O. The predicted octanol–water partition coefficient (Wildman–Crippen LogP) is 6.82. The van der Waals surface area contributed by atoms with Gasteiger partial charge in [0.15, 0.2) is 17.3 Å². The van der Waals surface area contributed by atoms with Crippen LogP contribution in [0.2, 0.25) is 0 Å². The van der Waals surface area contributed by atoms with Gasteiger partial charge in [-0.2, -0.15) is 4.37 Å². The summed E-state index contributed by atoms with van der Waals surface area (Å²) in [5.74, 6) is 2.04. The van der Waals surface area contributed by atoms with Gasteiger partial charge in [0, 0.05) is 37.7 Å². The van der Waals surface area contributed by atoms with Gasteiger partial charge in [-0.1, -0.05) is 80.2 Å². The van der Waals surface area contributed by atoms with Gasteiger partial charge in [0.2, 0.25) is 10.7 Å². The number of aliphatic carboxylic acids is 1. The molecule has 3 aliphatic heterocycles. The van der Waals surface area contributed by atoms with Crippen LogP contribution >= 0.6 is 53.9 Å². The number of fused-ring (bicyclic) bond motifs is 3. The fourth-order valence-corrected chi connectivity index (χ4v) is 9.12. The number of terminal acetylenes is 1. The fourth-order valence-electron chi connectivity index (χ4n) is 7.62. The smallest absolute Gasteiger partial charge is 0.339 e. The number of ether oxygens (including phenoxy) is 3. The van der Waals surface area contributed by atoms with Crippen molar-refractivity contribution in [2.24, 2.45) is 10.4 Å². The molecule has 18 nitrogen and oxygen atoms in total. The number of nitrogens with zero attached hydrogens (tertiary/aromatic N) is 6. The number of methoxy groups -OCH3 is 1. The summed E-state index contributed by atoms with van der Waals surface area (Å²) in [6, 6.07) is 16.1. The van der Waals surface area contributed by atoms with Crippen LogP contribution in [0.1, 0.15) is 51.6 Å². The van der Waals surface area contributed by atoms with Gasteiger partial charge >= 0.3 is 13.6 Å². The Hall–Kier alpha value is -5.07. The summed E-state index contributed by atoms with van der Waals surface area (Å²) in [5.41, 5.74) is 4.61. The highest BCUT2D eigenvalue weighted by Gasteiger charge is 2.33. The molecular formula is C47H58Cl3FN7O11PS. The van der Waals surface area contributed by atoms with Crippen LogP contribution in [0.25, 0.3) is 0 Å². The second-order valence-corrected chi connectivity index (χ2v) is 20.8. The topological polar surface area (TPSA) is 226 Å². The highest BCUT2D eigenvalue weighted by molar-refractivity contribution is 7.51. The van der Waals surface area contributed by atoms with Crippen molar-refractivity contribution in [1.82, 2.24) is 14.3 Å². The Balaban J connectivity index is 0.000000217. The first-order valence-corrected chi connectivity index (χ1v) is 26.0. The zero-order valence-electron chi connectivity index (χ0n) is 40.2. The third-order valence-electron chi connectivity index (χ3n) is 10.7. The van der Waals surface area contributed by atoms with E-state index in [-0.39, 0.29) is 59.9 Å². The van der Waals surface area contributed by atoms with Crippen LogP contribution in [0.15, 0.2) is 59.6 Å². The molecule has 3 aliphatic rings. The maximum Gasteiger partial charge on any atom is 0.339 e. The minimum Gasteiger partial charge on any atom is -0.489 e. The highest BCUT2D eigenvalue weighted by Crippen LogP contribution is 2.38. The number of aryl methyl sites for hydroxylation is 2. The lowest BCUT2D eigenvalue weighted by Crippen LogP contribution is -2.47. The number of hydrogen-bond acceptors (Lipinski definition) is 12.